The highest BCUT2D eigenvalue weighted by molar-refractivity contribution is 5.09. The van der Waals surface area contributed by atoms with Crippen molar-refractivity contribution in [2.24, 2.45) is 0 Å². The van der Waals surface area contributed by atoms with E-state index in [-0.39, 0.29) is 6.04 Å². The Kier molecular flexibility index (Phi) is 4.35. The van der Waals surface area contributed by atoms with Crippen molar-refractivity contribution in [3.05, 3.63) is 36.4 Å². The number of aromatic nitrogens is 5. The van der Waals surface area contributed by atoms with Crippen LogP contribution in [0, 0.1) is 0 Å². The molecule has 0 aromatic carbocycles. The molecule has 1 atom stereocenters. The van der Waals surface area contributed by atoms with Crippen LogP contribution < -0.4 is 5.32 Å². The zero-order valence-electron chi connectivity index (χ0n) is 10.7. The van der Waals surface area contributed by atoms with Gasteiger partial charge in [0.1, 0.15) is 12.4 Å². The van der Waals surface area contributed by atoms with Gasteiger partial charge in [-0.2, -0.15) is 5.10 Å². The second-order valence-corrected chi connectivity index (χ2v) is 3.93. The number of rotatable bonds is 6. The molecule has 6 nitrogen and oxygen atoms in total. The first-order valence-corrected chi connectivity index (χ1v) is 6.24. The molecule has 0 aliphatic rings. The fraction of sp³-hybridized carbons (Fsp3) is 0.500. The molecule has 0 fully saturated rings. The van der Waals surface area contributed by atoms with Crippen LogP contribution in [0.4, 0.5) is 0 Å². The Bertz CT molecular complexity index is 466. The molecule has 18 heavy (non-hydrogen) atoms. The van der Waals surface area contributed by atoms with Gasteiger partial charge in [0.15, 0.2) is 11.6 Å². The molecular weight excluding hydrogens is 228 g/mol. The average molecular weight is 246 g/mol. The summed E-state index contributed by atoms with van der Waals surface area (Å²) in [4.78, 5) is 12.9. The third kappa shape index (κ3) is 2.70. The summed E-state index contributed by atoms with van der Waals surface area (Å²) in [5, 5.41) is 7.61. The zero-order chi connectivity index (χ0) is 12.8. The summed E-state index contributed by atoms with van der Waals surface area (Å²) in [6, 6.07) is 1.71. The van der Waals surface area contributed by atoms with Gasteiger partial charge in [0.25, 0.3) is 0 Å². The maximum atomic E-state index is 4.33. The van der Waals surface area contributed by atoms with Crippen LogP contribution in [0.3, 0.4) is 0 Å². The Balaban J connectivity index is 2.31. The lowest BCUT2D eigenvalue weighted by Crippen LogP contribution is -2.28. The van der Waals surface area contributed by atoms with Gasteiger partial charge in [-0.15, -0.1) is 0 Å². The molecule has 0 spiro atoms. The third-order valence-electron chi connectivity index (χ3n) is 2.65. The largest absolute Gasteiger partial charge is 0.301 e. The van der Waals surface area contributed by atoms with Gasteiger partial charge >= 0.3 is 0 Å². The lowest BCUT2D eigenvalue weighted by Gasteiger charge is -2.16. The Morgan fingerprint density at radius 3 is 2.67 bits per heavy atom. The van der Waals surface area contributed by atoms with Crippen molar-refractivity contribution in [3.63, 3.8) is 0 Å². The Morgan fingerprint density at radius 1 is 1.22 bits per heavy atom. The van der Waals surface area contributed by atoms with E-state index in [4.69, 9.17) is 0 Å². The van der Waals surface area contributed by atoms with Crippen molar-refractivity contribution in [2.75, 3.05) is 6.54 Å². The first kappa shape index (κ1) is 12.6. The van der Waals surface area contributed by atoms with Gasteiger partial charge in [-0.05, 0) is 26.0 Å². The van der Waals surface area contributed by atoms with Crippen LogP contribution >= 0.6 is 0 Å². The molecule has 0 saturated carbocycles. The van der Waals surface area contributed by atoms with Crippen LogP contribution in [0.15, 0.2) is 24.8 Å². The molecule has 0 bridgehead atoms. The molecule has 6 heteroatoms. The van der Waals surface area contributed by atoms with Crippen molar-refractivity contribution in [1.29, 1.82) is 0 Å². The van der Waals surface area contributed by atoms with E-state index in [2.05, 4.69) is 32.3 Å². The quantitative estimate of drug-likeness (QED) is 0.828. The monoisotopic (exact) mass is 246 g/mol. The number of nitrogens with zero attached hydrogens (tertiary/aromatic N) is 5. The van der Waals surface area contributed by atoms with Crippen LogP contribution in [-0.4, -0.2) is 31.3 Å². The number of hydrogen-bond acceptors (Lipinski definition) is 5. The fourth-order valence-corrected chi connectivity index (χ4v) is 1.79. The summed E-state index contributed by atoms with van der Waals surface area (Å²) in [5.74, 6) is 1.59. The van der Waals surface area contributed by atoms with Crippen molar-refractivity contribution in [1.82, 2.24) is 30.0 Å². The van der Waals surface area contributed by atoms with Gasteiger partial charge in [0, 0.05) is 18.9 Å². The van der Waals surface area contributed by atoms with Gasteiger partial charge in [-0.25, -0.2) is 19.6 Å². The van der Waals surface area contributed by atoms with E-state index in [0.717, 1.165) is 31.2 Å². The molecule has 2 aromatic rings. The molecule has 1 N–H and O–H groups in total. The molecule has 0 aliphatic heterocycles. The first-order chi connectivity index (χ1) is 8.86. The summed E-state index contributed by atoms with van der Waals surface area (Å²) in [6.07, 6.45) is 6.11. The van der Waals surface area contributed by atoms with E-state index in [1.807, 2.05) is 17.7 Å². The summed E-state index contributed by atoms with van der Waals surface area (Å²) >= 11 is 0. The molecule has 0 amide bonds. The maximum absolute atomic E-state index is 4.33. The van der Waals surface area contributed by atoms with Crippen molar-refractivity contribution in [3.8, 4) is 0 Å². The van der Waals surface area contributed by atoms with Crippen molar-refractivity contribution in [2.45, 2.75) is 32.9 Å². The van der Waals surface area contributed by atoms with E-state index in [1.165, 1.54) is 0 Å². The molecule has 1 unspecified atom stereocenters. The summed E-state index contributed by atoms with van der Waals surface area (Å²) in [6.45, 7) is 5.84. The summed E-state index contributed by atoms with van der Waals surface area (Å²) in [7, 11) is 0. The van der Waals surface area contributed by atoms with E-state index >= 15 is 0 Å². The number of aryl methyl sites for hydroxylation is 1. The third-order valence-corrected chi connectivity index (χ3v) is 2.65. The van der Waals surface area contributed by atoms with Crippen LogP contribution in [0.25, 0.3) is 0 Å². The average Bonchev–Trinajstić information content (AvgIpc) is 2.89. The SMILES string of the molecule is CCCNC(c1ncccn1)c1ncnn1CC. The van der Waals surface area contributed by atoms with Gasteiger partial charge in [-0.1, -0.05) is 6.92 Å². The molecule has 0 radical (unpaired) electrons. The van der Waals surface area contributed by atoms with Gasteiger partial charge in [0.05, 0.1) is 0 Å². The van der Waals surface area contributed by atoms with Crippen molar-refractivity contribution >= 4 is 0 Å². The van der Waals surface area contributed by atoms with Crippen molar-refractivity contribution < 1.29 is 0 Å². The predicted octanol–water partition coefficient (Wildman–Crippen LogP) is 1.18. The number of nitrogens with one attached hydrogen (secondary N) is 1. The normalized spacial score (nSPS) is 12.6. The minimum absolute atomic E-state index is 0.103. The molecule has 2 aromatic heterocycles. The van der Waals surface area contributed by atoms with E-state index in [1.54, 1.807) is 18.7 Å². The Hall–Kier alpha value is -1.82. The number of hydrogen-bond donors (Lipinski definition) is 1. The van der Waals surface area contributed by atoms with Crippen LogP contribution in [0.1, 0.15) is 38.0 Å². The van der Waals surface area contributed by atoms with Crippen LogP contribution in [0.5, 0.6) is 0 Å². The Morgan fingerprint density at radius 2 is 2.00 bits per heavy atom. The smallest absolute Gasteiger partial charge is 0.152 e. The molecule has 2 rings (SSSR count). The second-order valence-electron chi connectivity index (χ2n) is 3.93. The van der Waals surface area contributed by atoms with E-state index in [9.17, 15) is 0 Å². The predicted molar refractivity (Wildman–Crippen MR) is 67.9 cm³/mol. The first-order valence-electron chi connectivity index (χ1n) is 6.24. The summed E-state index contributed by atoms with van der Waals surface area (Å²) < 4.78 is 1.86. The molecule has 2 heterocycles. The van der Waals surface area contributed by atoms with Crippen LogP contribution in [-0.2, 0) is 6.54 Å². The lowest BCUT2D eigenvalue weighted by atomic mass is 10.2. The second kappa shape index (κ2) is 6.20. The summed E-state index contributed by atoms with van der Waals surface area (Å²) in [5.41, 5.74) is 0. The lowest BCUT2D eigenvalue weighted by molar-refractivity contribution is 0.502. The van der Waals surface area contributed by atoms with Gasteiger partial charge in [-0.3, -0.25) is 0 Å². The molecule has 96 valence electrons. The molecule has 0 saturated heterocycles. The minimum atomic E-state index is -0.103. The molecule has 0 aliphatic carbocycles. The highest BCUT2D eigenvalue weighted by atomic mass is 15.3. The molecular formula is C12H18N6. The van der Waals surface area contributed by atoms with Gasteiger partial charge in [0.2, 0.25) is 0 Å². The van der Waals surface area contributed by atoms with E-state index in [0.29, 0.717) is 0 Å². The van der Waals surface area contributed by atoms with Gasteiger partial charge < -0.3 is 5.32 Å². The van der Waals surface area contributed by atoms with Crippen LogP contribution in [0.2, 0.25) is 0 Å². The highest BCUT2D eigenvalue weighted by Crippen LogP contribution is 2.15. The highest BCUT2D eigenvalue weighted by Gasteiger charge is 2.21. The topological polar surface area (TPSA) is 68.5 Å². The standard InChI is InChI=1S/C12H18N6/c1-3-6-13-10(11-14-7-5-8-15-11)12-16-9-17-18(12)4-2/h5,7-10,13H,3-4,6H2,1-2H3. The maximum Gasteiger partial charge on any atom is 0.152 e. The zero-order valence-corrected chi connectivity index (χ0v) is 10.7. The Labute approximate surface area is 106 Å². The fourth-order valence-electron chi connectivity index (χ4n) is 1.79. The van der Waals surface area contributed by atoms with E-state index < -0.39 is 0 Å². The minimum Gasteiger partial charge on any atom is -0.301 e.